The summed E-state index contributed by atoms with van der Waals surface area (Å²) >= 11 is 6.42. The van der Waals surface area contributed by atoms with E-state index in [-0.39, 0.29) is 0 Å². The Labute approximate surface area is 116 Å². The number of aromatic nitrogens is 2. The molecule has 17 heavy (non-hydrogen) atoms. The number of thiophene rings is 1. The van der Waals surface area contributed by atoms with E-state index in [1.807, 2.05) is 7.05 Å². The number of hydrazine groups is 1. The van der Waals surface area contributed by atoms with Gasteiger partial charge in [0.25, 0.3) is 0 Å². The number of hydrogen-bond acceptors (Lipinski definition) is 7. The Balaban J connectivity index is 1.95. The van der Waals surface area contributed by atoms with E-state index in [0.717, 1.165) is 27.6 Å². The van der Waals surface area contributed by atoms with E-state index in [1.54, 1.807) is 11.3 Å². The second-order valence-corrected chi connectivity index (χ2v) is 6.67. The number of nitrogen functional groups attached to an aromatic ring is 1. The molecule has 0 aliphatic carbocycles. The van der Waals surface area contributed by atoms with Gasteiger partial charge in [-0.2, -0.15) is 0 Å². The quantitative estimate of drug-likeness (QED) is 0.649. The van der Waals surface area contributed by atoms with E-state index < -0.39 is 0 Å². The highest BCUT2D eigenvalue weighted by atomic mass is 79.9. The van der Waals surface area contributed by atoms with Gasteiger partial charge in [0.1, 0.15) is 10.7 Å². The topological polar surface area (TPSA) is 67.1 Å². The molecule has 3 N–H and O–H groups in total. The summed E-state index contributed by atoms with van der Waals surface area (Å²) in [6, 6.07) is 2.13. The first-order valence-electron chi connectivity index (χ1n) is 4.88. The summed E-state index contributed by atoms with van der Waals surface area (Å²) in [6.07, 6.45) is 0. The molecule has 0 bridgehead atoms. The molecule has 2 aromatic heterocycles. The summed E-state index contributed by atoms with van der Waals surface area (Å²) < 4.78 is 5.03. The van der Waals surface area contributed by atoms with Crippen molar-refractivity contribution in [2.45, 2.75) is 13.1 Å². The van der Waals surface area contributed by atoms with Crippen LogP contribution in [0.4, 0.5) is 5.00 Å². The zero-order valence-electron chi connectivity index (χ0n) is 9.18. The van der Waals surface area contributed by atoms with Gasteiger partial charge in [0.05, 0.1) is 3.79 Å². The predicted molar refractivity (Wildman–Crippen MR) is 74.9 cm³/mol. The van der Waals surface area contributed by atoms with Crippen LogP contribution < -0.4 is 11.3 Å². The maximum Gasteiger partial charge on any atom is 0.148 e. The SMILES string of the molecule is CN(Cc1csc(Br)c1)Cc1nnsc1NN. The lowest BCUT2D eigenvalue weighted by Crippen LogP contribution is -2.18. The molecule has 0 saturated heterocycles. The third kappa shape index (κ3) is 3.46. The van der Waals surface area contributed by atoms with Gasteiger partial charge in [0, 0.05) is 24.6 Å². The number of nitrogens with one attached hydrogen (secondary N) is 1. The van der Waals surface area contributed by atoms with Gasteiger partial charge in [-0.05, 0) is 40.0 Å². The van der Waals surface area contributed by atoms with E-state index in [1.165, 1.54) is 17.1 Å². The molecule has 2 heterocycles. The highest BCUT2D eigenvalue weighted by Crippen LogP contribution is 2.23. The summed E-state index contributed by atoms with van der Waals surface area (Å²) in [5, 5.41) is 7.01. The fraction of sp³-hybridized carbons (Fsp3) is 0.333. The van der Waals surface area contributed by atoms with Gasteiger partial charge in [0.15, 0.2) is 0 Å². The molecule has 0 radical (unpaired) electrons. The summed E-state index contributed by atoms with van der Waals surface area (Å²) in [7, 11) is 2.05. The Bertz CT molecular complexity index is 483. The average Bonchev–Trinajstić information content (AvgIpc) is 2.87. The fourth-order valence-electron chi connectivity index (χ4n) is 1.47. The van der Waals surface area contributed by atoms with Gasteiger partial charge in [-0.1, -0.05) is 4.49 Å². The molecule has 0 aliphatic rings. The van der Waals surface area contributed by atoms with Crippen molar-refractivity contribution in [1.82, 2.24) is 14.5 Å². The Morgan fingerprint density at radius 1 is 1.53 bits per heavy atom. The highest BCUT2D eigenvalue weighted by molar-refractivity contribution is 9.11. The first-order valence-corrected chi connectivity index (χ1v) is 7.33. The molecular formula is C9H12BrN5S2. The summed E-state index contributed by atoms with van der Waals surface area (Å²) in [5.41, 5.74) is 4.78. The van der Waals surface area contributed by atoms with Crippen LogP contribution in [-0.2, 0) is 13.1 Å². The van der Waals surface area contributed by atoms with Crippen LogP contribution in [-0.4, -0.2) is 21.5 Å². The monoisotopic (exact) mass is 333 g/mol. The van der Waals surface area contributed by atoms with Gasteiger partial charge in [-0.15, -0.1) is 16.4 Å². The molecule has 0 atom stereocenters. The van der Waals surface area contributed by atoms with Crippen molar-refractivity contribution in [3.63, 3.8) is 0 Å². The number of nitrogens with zero attached hydrogens (tertiary/aromatic N) is 3. The maximum atomic E-state index is 5.38. The summed E-state index contributed by atoms with van der Waals surface area (Å²) in [4.78, 5) is 2.17. The van der Waals surface area contributed by atoms with Gasteiger partial charge < -0.3 is 5.43 Å². The van der Waals surface area contributed by atoms with E-state index in [4.69, 9.17) is 5.84 Å². The normalized spacial score (nSPS) is 11.1. The van der Waals surface area contributed by atoms with E-state index in [0.29, 0.717) is 0 Å². The Morgan fingerprint density at radius 2 is 2.35 bits per heavy atom. The van der Waals surface area contributed by atoms with Crippen molar-refractivity contribution in [1.29, 1.82) is 0 Å². The molecule has 0 spiro atoms. The van der Waals surface area contributed by atoms with Crippen molar-refractivity contribution in [2.24, 2.45) is 5.84 Å². The van der Waals surface area contributed by atoms with E-state index in [9.17, 15) is 0 Å². The molecular weight excluding hydrogens is 322 g/mol. The van der Waals surface area contributed by atoms with Crippen molar-refractivity contribution in [3.8, 4) is 0 Å². The first-order chi connectivity index (χ1) is 8.19. The van der Waals surface area contributed by atoms with Crippen molar-refractivity contribution in [3.05, 3.63) is 26.5 Å². The number of halogens is 1. The van der Waals surface area contributed by atoms with Gasteiger partial charge in [-0.25, -0.2) is 5.84 Å². The lowest BCUT2D eigenvalue weighted by molar-refractivity contribution is 0.316. The van der Waals surface area contributed by atoms with E-state index in [2.05, 4.69) is 47.3 Å². The van der Waals surface area contributed by atoms with Crippen LogP contribution in [0.1, 0.15) is 11.3 Å². The van der Waals surface area contributed by atoms with Crippen LogP contribution in [0, 0.1) is 0 Å². The largest absolute Gasteiger partial charge is 0.313 e. The summed E-state index contributed by atoms with van der Waals surface area (Å²) in [5.74, 6) is 5.38. The lowest BCUT2D eigenvalue weighted by atomic mass is 10.3. The van der Waals surface area contributed by atoms with E-state index >= 15 is 0 Å². The van der Waals surface area contributed by atoms with Crippen molar-refractivity contribution >= 4 is 43.8 Å². The number of rotatable bonds is 5. The van der Waals surface area contributed by atoms with Crippen LogP contribution in [0.25, 0.3) is 0 Å². The van der Waals surface area contributed by atoms with Crippen LogP contribution in [0.3, 0.4) is 0 Å². The third-order valence-electron chi connectivity index (χ3n) is 2.18. The van der Waals surface area contributed by atoms with Gasteiger partial charge in [-0.3, -0.25) is 4.90 Å². The lowest BCUT2D eigenvalue weighted by Gasteiger charge is -2.14. The van der Waals surface area contributed by atoms with Crippen molar-refractivity contribution < 1.29 is 0 Å². The van der Waals surface area contributed by atoms with Gasteiger partial charge in [0.2, 0.25) is 0 Å². The van der Waals surface area contributed by atoms with Crippen LogP contribution in [0.2, 0.25) is 0 Å². The minimum absolute atomic E-state index is 0.726. The van der Waals surface area contributed by atoms with Gasteiger partial charge >= 0.3 is 0 Å². The zero-order valence-corrected chi connectivity index (χ0v) is 12.4. The highest BCUT2D eigenvalue weighted by Gasteiger charge is 2.10. The molecule has 0 aromatic carbocycles. The summed E-state index contributed by atoms with van der Waals surface area (Å²) in [6.45, 7) is 1.60. The number of hydrogen-bond donors (Lipinski definition) is 2. The Morgan fingerprint density at radius 3 is 3.00 bits per heavy atom. The van der Waals surface area contributed by atoms with Crippen LogP contribution in [0.15, 0.2) is 15.2 Å². The second kappa shape index (κ2) is 5.87. The molecule has 8 heteroatoms. The third-order valence-corrected chi connectivity index (χ3v) is 4.43. The van der Waals surface area contributed by atoms with Crippen LogP contribution in [0.5, 0.6) is 0 Å². The number of nitrogens with two attached hydrogens (primary N) is 1. The maximum absolute atomic E-state index is 5.38. The average molecular weight is 334 g/mol. The molecule has 5 nitrogen and oxygen atoms in total. The number of anilines is 1. The minimum Gasteiger partial charge on any atom is -0.313 e. The molecule has 0 unspecified atom stereocenters. The first kappa shape index (κ1) is 12.9. The van der Waals surface area contributed by atoms with Crippen molar-refractivity contribution in [2.75, 3.05) is 12.5 Å². The molecule has 92 valence electrons. The minimum atomic E-state index is 0.726. The Hall–Kier alpha value is -0.540. The Kier molecular flexibility index (Phi) is 4.46. The smallest absolute Gasteiger partial charge is 0.148 e. The molecule has 0 saturated carbocycles. The molecule has 2 aromatic rings. The second-order valence-electron chi connectivity index (χ2n) is 3.62. The molecule has 0 amide bonds. The molecule has 0 aliphatic heterocycles. The van der Waals surface area contributed by atoms with Crippen LogP contribution >= 0.6 is 38.8 Å². The molecule has 0 fully saturated rings. The fourth-order valence-corrected chi connectivity index (χ4v) is 3.16. The molecule has 2 rings (SSSR count). The predicted octanol–water partition coefficient (Wildman–Crippen LogP) is 2.28. The standard InChI is InChI=1S/C9H12BrN5S2/c1-15(3-6-2-8(10)16-5-6)4-7-9(12-11)17-14-13-7/h2,5,12H,3-4,11H2,1H3. The zero-order chi connectivity index (χ0) is 12.3.